The number of nitrogens with one attached hydrogen (secondary N) is 1. The Bertz CT molecular complexity index is 836. The van der Waals surface area contributed by atoms with Crippen LogP contribution >= 0.6 is 11.5 Å². The second-order valence-electron chi connectivity index (χ2n) is 11.3. The number of carbonyl (C=O) groups excluding carboxylic acids is 1. The lowest BCUT2D eigenvalue weighted by atomic mass is 9.45. The van der Waals surface area contributed by atoms with Crippen LogP contribution in [0.5, 0.6) is 0 Å². The van der Waals surface area contributed by atoms with Crippen molar-refractivity contribution in [1.82, 2.24) is 14.9 Å². The normalized spacial score (nSPS) is 47.1. The summed E-state index contributed by atoms with van der Waals surface area (Å²) < 4.78 is 10.3. The molecule has 5 nitrogen and oxygen atoms in total. The van der Waals surface area contributed by atoms with E-state index >= 15 is 0 Å². The Morgan fingerprint density at radius 2 is 2.03 bits per heavy atom. The summed E-state index contributed by atoms with van der Waals surface area (Å²) in [7, 11) is 0. The molecule has 8 atom stereocenters. The summed E-state index contributed by atoms with van der Waals surface area (Å²) in [6, 6.07) is -0.0584. The van der Waals surface area contributed by atoms with E-state index < -0.39 is 0 Å². The maximum Gasteiger partial charge on any atom is 0.323 e. The molecule has 0 amide bonds. The van der Waals surface area contributed by atoms with Crippen molar-refractivity contribution in [2.75, 3.05) is 6.54 Å². The van der Waals surface area contributed by atoms with Crippen LogP contribution in [0.2, 0.25) is 0 Å². The fourth-order valence-electron chi connectivity index (χ4n) is 8.42. The topological polar surface area (TPSA) is 64.1 Å². The van der Waals surface area contributed by atoms with Gasteiger partial charge in [0, 0.05) is 10.3 Å². The summed E-state index contributed by atoms with van der Waals surface area (Å²) in [6.07, 6.45) is 12.0. The molecule has 6 rings (SSSR count). The Labute approximate surface area is 183 Å². The number of nitrogens with zero attached hydrogens (tertiary/aromatic N) is 2. The molecule has 5 aliphatic rings. The molecular weight excluding hydrogens is 394 g/mol. The first-order chi connectivity index (χ1) is 14.5. The zero-order chi connectivity index (χ0) is 20.5. The van der Waals surface area contributed by atoms with E-state index in [-0.39, 0.29) is 23.5 Å². The standard InChI is InChI=1S/C24H35N3O2S/c1-23-9-7-15(29-22(28)19-4-3-11-25-19)12-14(23)5-6-16-17(23)8-10-24(2)18(16)13-20-21(24)26-27-30-20/h14-19,25H,3-13H2,1-2H3/t14-,15-,16+,17-,18-,19-,23-,24-/m0/s1. The van der Waals surface area contributed by atoms with Gasteiger partial charge in [-0.15, -0.1) is 5.10 Å². The van der Waals surface area contributed by atoms with Crippen LogP contribution in [0.3, 0.4) is 0 Å². The largest absolute Gasteiger partial charge is 0.461 e. The molecule has 1 aromatic heterocycles. The maximum absolute atomic E-state index is 12.5. The van der Waals surface area contributed by atoms with E-state index in [0.29, 0.717) is 11.3 Å². The number of hydrogen-bond acceptors (Lipinski definition) is 6. The van der Waals surface area contributed by atoms with Crippen LogP contribution in [0.4, 0.5) is 0 Å². The van der Waals surface area contributed by atoms with Gasteiger partial charge in [0.1, 0.15) is 12.1 Å². The molecular formula is C24H35N3O2S. The van der Waals surface area contributed by atoms with Crippen LogP contribution in [-0.4, -0.2) is 34.2 Å². The number of ether oxygens (including phenoxy) is 1. The highest BCUT2D eigenvalue weighted by atomic mass is 32.1. The lowest BCUT2D eigenvalue weighted by molar-refractivity contribution is -0.162. The Morgan fingerprint density at radius 3 is 2.87 bits per heavy atom. The maximum atomic E-state index is 12.5. The van der Waals surface area contributed by atoms with Crippen molar-refractivity contribution in [1.29, 1.82) is 0 Å². The van der Waals surface area contributed by atoms with E-state index in [4.69, 9.17) is 4.74 Å². The van der Waals surface area contributed by atoms with Gasteiger partial charge in [-0.05, 0) is 111 Å². The minimum atomic E-state index is -0.0584. The van der Waals surface area contributed by atoms with Crippen molar-refractivity contribution >= 4 is 17.5 Å². The van der Waals surface area contributed by atoms with Gasteiger partial charge in [-0.2, -0.15) is 0 Å². The van der Waals surface area contributed by atoms with Gasteiger partial charge in [0.05, 0.1) is 5.69 Å². The highest BCUT2D eigenvalue weighted by Crippen LogP contribution is 2.65. The molecule has 1 N–H and O–H groups in total. The molecule has 0 aromatic carbocycles. The number of hydrogen-bond donors (Lipinski definition) is 1. The van der Waals surface area contributed by atoms with Gasteiger partial charge in [-0.1, -0.05) is 18.3 Å². The quantitative estimate of drug-likeness (QED) is 0.712. The predicted octanol–water partition coefficient (Wildman–Crippen LogP) is 4.26. The number of fused-ring (bicyclic) bond motifs is 7. The average molecular weight is 430 g/mol. The second kappa shape index (κ2) is 6.99. The molecule has 0 bridgehead atoms. The van der Waals surface area contributed by atoms with Crippen molar-refractivity contribution in [3.63, 3.8) is 0 Å². The number of esters is 1. The zero-order valence-electron chi connectivity index (χ0n) is 18.4. The van der Waals surface area contributed by atoms with Gasteiger partial charge >= 0.3 is 5.97 Å². The van der Waals surface area contributed by atoms with Gasteiger partial charge in [0.2, 0.25) is 0 Å². The number of rotatable bonds is 2. The molecule has 0 unspecified atom stereocenters. The minimum Gasteiger partial charge on any atom is -0.461 e. The van der Waals surface area contributed by atoms with Crippen LogP contribution in [0, 0.1) is 29.1 Å². The Morgan fingerprint density at radius 1 is 1.13 bits per heavy atom. The zero-order valence-corrected chi connectivity index (χ0v) is 19.2. The Kier molecular flexibility index (Phi) is 4.58. The molecule has 30 heavy (non-hydrogen) atoms. The average Bonchev–Trinajstić information content (AvgIpc) is 3.46. The van der Waals surface area contributed by atoms with Gasteiger partial charge < -0.3 is 10.1 Å². The van der Waals surface area contributed by atoms with Gasteiger partial charge in [-0.3, -0.25) is 4.79 Å². The molecule has 1 saturated heterocycles. The van der Waals surface area contributed by atoms with Crippen molar-refractivity contribution in [2.24, 2.45) is 29.1 Å². The Balaban J connectivity index is 1.17. The molecule has 2 heterocycles. The first-order valence-corrected chi connectivity index (χ1v) is 13.0. The third kappa shape index (κ3) is 2.78. The van der Waals surface area contributed by atoms with Crippen molar-refractivity contribution in [3.05, 3.63) is 10.6 Å². The number of carbonyl (C=O) groups is 1. The van der Waals surface area contributed by atoms with E-state index in [9.17, 15) is 4.79 Å². The predicted molar refractivity (Wildman–Crippen MR) is 116 cm³/mol. The molecule has 164 valence electrons. The summed E-state index contributed by atoms with van der Waals surface area (Å²) >= 11 is 1.64. The summed E-state index contributed by atoms with van der Waals surface area (Å²) in [5, 5.41) is 7.87. The molecule has 4 fully saturated rings. The van der Waals surface area contributed by atoms with Gasteiger partial charge in [0.25, 0.3) is 0 Å². The molecule has 6 heteroatoms. The minimum absolute atomic E-state index is 0.00133. The second-order valence-corrected chi connectivity index (χ2v) is 12.2. The smallest absolute Gasteiger partial charge is 0.323 e. The van der Waals surface area contributed by atoms with Crippen molar-refractivity contribution in [2.45, 2.75) is 95.6 Å². The molecule has 4 aliphatic carbocycles. The van der Waals surface area contributed by atoms with Crippen LogP contribution in [0.1, 0.15) is 82.2 Å². The summed E-state index contributed by atoms with van der Waals surface area (Å²) in [5.41, 5.74) is 2.01. The molecule has 1 aromatic rings. The van der Waals surface area contributed by atoms with Crippen LogP contribution < -0.4 is 5.32 Å². The molecule has 1 aliphatic heterocycles. The van der Waals surface area contributed by atoms with Crippen LogP contribution in [0.15, 0.2) is 0 Å². The van der Waals surface area contributed by atoms with Crippen molar-refractivity contribution < 1.29 is 9.53 Å². The first kappa shape index (κ1) is 19.7. The van der Waals surface area contributed by atoms with E-state index in [2.05, 4.69) is 28.8 Å². The molecule has 0 radical (unpaired) electrons. The fourth-order valence-corrected chi connectivity index (χ4v) is 9.26. The Hall–Kier alpha value is -1.01. The lowest BCUT2D eigenvalue weighted by Crippen LogP contribution is -2.55. The molecule has 3 saturated carbocycles. The van der Waals surface area contributed by atoms with E-state index in [1.165, 1.54) is 49.1 Å². The first-order valence-electron chi connectivity index (χ1n) is 12.2. The van der Waals surface area contributed by atoms with E-state index in [1.54, 1.807) is 11.5 Å². The van der Waals surface area contributed by atoms with Crippen LogP contribution in [0.25, 0.3) is 0 Å². The highest BCUT2D eigenvalue weighted by molar-refractivity contribution is 7.05. The summed E-state index contributed by atoms with van der Waals surface area (Å²) in [6.45, 7) is 6.01. The third-order valence-electron chi connectivity index (χ3n) is 10.1. The van der Waals surface area contributed by atoms with E-state index in [0.717, 1.165) is 50.0 Å². The SMILES string of the molecule is C[C@]12CC[C@H](OC(=O)[C@@H]3CCCN3)C[C@@H]1CC[C@@H]1[C@@H]2CC[C@]2(C)c3nnsc3C[C@@H]12. The van der Waals surface area contributed by atoms with Crippen LogP contribution in [-0.2, 0) is 21.4 Å². The van der Waals surface area contributed by atoms with Gasteiger partial charge in [-0.25, -0.2) is 0 Å². The lowest BCUT2D eigenvalue weighted by Gasteiger charge is -2.60. The fraction of sp³-hybridized carbons (Fsp3) is 0.875. The van der Waals surface area contributed by atoms with E-state index in [1.807, 2.05) is 0 Å². The van der Waals surface area contributed by atoms with Gasteiger partial charge in [0.15, 0.2) is 0 Å². The van der Waals surface area contributed by atoms with Crippen molar-refractivity contribution in [3.8, 4) is 0 Å². The molecule has 0 spiro atoms. The number of aromatic nitrogens is 2. The highest BCUT2D eigenvalue weighted by Gasteiger charge is 2.60. The monoisotopic (exact) mass is 429 g/mol. The summed E-state index contributed by atoms with van der Waals surface area (Å²) in [5.74, 6) is 3.12. The summed E-state index contributed by atoms with van der Waals surface area (Å²) in [4.78, 5) is 14.0. The third-order valence-corrected chi connectivity index (χ3v) is 10.9.